The van der Waals surface area contributed by atoms with Crippen molar-refractivity contribution in [1.29, 1.82) is 0 Å². The Morgan fingerprint density at radius 1 is 1.07 bits per heavy atom. The Kier molecular flexibility index (Phi) is 5.53. The number of rotatable bonds is 6. The zero-order chi connectivity index (χ0) is 19.3. The van der Waals surface area contributed by atoms with Gasteiger partial charge in [0.15, 0.2) is 11.8 Å². The van der Waals surface area contributed by atoms with Crippen molar-refractivity contribution in [1.82, 2.24) is 5.32 Å². The third-order valence-corrected chi connectivity index (χ3v) is 5.41. The summed E-state index contributed by atoms with van der Waals surface area (Å²) < 4.78 is 18.7. The average molecular weight is 379 g/mol. The van der Waals surface area contributed by atoms with Gasteiger partial charge in [-0.2, -0.15) is 0 Å². The third kappa shape index (κ3) is 4.31. The van der Waals surface area contributed by atoms with Crippen molar-refractivity contribution in [2.75, 3.05) is 13.1 Å². The maximum Gasteiger partial charge on any atom is 0.224 e. The molecule has 2 aromatic carbocycles. The number of carbonyl (C=O) groups excluding carboxylic acids is 1. The second-order valence-corrected chi connectivity index (χ2v) is 7.28. The highest BCUT2D eigenvalue weighted by Crippen LogP contribution is 2.15. The first-order valence-electron chi connectivity index (χ1n) is 9.65. The van der Waals surface area contributed by atoms with E-state index in [1.54, 1.807) is 18.4 Å². The fourth-order valence-electron chi connectivity index (χ4n) is 3.90. The van der Waals surface area contributed by atoms with Gasteiger partial charge in [-0.15, -0.1) is 0 Å². The van der Waals surface area contributed by atoms with E-state index < -0.39 is 0 Å². The SMILES string of the molecule is O=C(Cc1ccc(F)cc1)NC[C@@H](c1ccco1)[NH+]1CCc2ccccc2C1. The lowest BCUT2D eigenvalue weighted by Crippen LogP contribution is -3.12. The molecule has 0 bridgehead atoms. The normalized spacial score (nSPS) is 17.0. The molecule has 0 saturated heterocycles. The van der Waals surface area contributed by atoms with E-state index in [4.69, 9.17) is 4.42 Å². The minimum absolute atomic E-state index is 0.0560. The van der Waals surface area contributed by atoms with Gasteiger partial charge < -0.3 is 14.6 Å². The predicted octanol–water partition coefficient (Wildman–Crippen LogP) is 2.46. The van der Waals surface area contributed by atoms with Crippen LogP contribution in [0, 0.1) is 5.82 Å². The van der Waals surface area contributed by atoms with Gasteiger partial charge in [-0.3, -0.25) is 4.79 Å². The van der Waals surface area contributed by atoms with E-state index in [-0.39, 0.29) is 24.2 Å². The summed E-state index contributed by atoms with van der Waals surface area (Å²) in [6.45, 7) is 2.41. The first-order chi connectivity index (χ1) is 13.7. The summed E-state index contributed by atoms with van der Waals surface area (Å²) in [5.41, 5.74) is 3.57. The summed E-state index contributed by atoms with van der Waals surface area (Å²) >= 11 is 0. The Morgan fingerprint density at radius 2 is 1.86 bits per heavy atom. The summed E-state index contributed by atoms with van der Waals surface area (Å²) in [6, 6.07) is 18.5. The fourth-order valence-corrected chi connectivity index (χ4v) is 3.90. The fraction of sp³-hybridized carbons (Fsp3) is 0.261. The molecular formula is C23H24FN2O2+. The molecule has 0 spiro atoms. The molecule has 144 valence electrons. The predicted molar refractivity (Wildman–Crippen MR) is 104 cm³/mol. The van der Waals surface area contributed by atoms with E-state index >= 15 is 0 Å². The third-order valence-electron chi connectivity index (χ3n) is 5.41. The molecule has 1 aromatic heterocycles. The molecule has 1 unspecified atom stereocenters. The van der Waals surface area contributed by atoms with Gasteiger partial charge in [0, 0.05) is 12.0 Å². The molecule has 5 heteroatoms. The van der Waals surface area contributed by atoms with Crippen molar-refractivity contribution in [3.63, 3.8) is 0 Å². The van der Waals surface area contributed by atoms with E-state index in [0.717, 1.165) is 30.8 Å². The molecule has 0 aliphatic carbocycles. The molecule has 4 nitrogen and oxygen atoms in total. The summed E-state index contributed by atoms with van der Waals surface area (Å²) in [5.74, 6) is 0.521. The molecule has 4 rings (SSSR count). The molecule has 0 radical (unpaired) electrons. The topological polar surface area (TPSA) is 46.7 Å². The van der Waals surface area contributed by atoms with Gasteiger partial charge in [0.25, 0.3) is 0 Å². The summed E-state index contributed by atoms with van der Waals surface area (Å²) in [7, 11) is 0. The number of amides is 1. The second-order valence-electron chi connectivity index (χ2n) is 7.28. The number of hydrogen-bond donors (Lipinski definition) is 2. The zero-order valence-electron chi connectivity index (χ0n) is 15.7. The van der Waals surface area contributed by atoms with Crippen molar-refractivity contribution in [3.8, 4) is 0 Å². The van der Waals surface area contributed by atoms with Gasteiger partial charge in [-0.1, -0.05) is 36.4 Å². The number of fused-ring (bicyclic) bond motifs is 1. The van der Waals surface area contributed by atoms with E-state index in [0.29, 0.717) is 6.54 Å². The summed E-state index contributed by atoms with van der Waals surface area (Å²) in [6.07, 6.45) is 2.94. The average Bonchev–Trinajstić information content (AvgIpc) is 3.24. The van der Waals surface area contributed by atoms with Crippen molar-refractivity contribution in [2.24, 2.45) is 0 Å². The first kappa shape index (κ1) is 18.4. The number of carbonyl (C=O) groups is 1. The van der Waals surface area contributed by atoms with Gasteiger partial charge in [0.1, 0.15) is 12.4 Å². The molecule has 3 aromatic rings. The van der Waals surface area contributed by atoms with Crippen LogP contribution in [0.3, 0.4) is 0 Å². The van der Waals surface area contributed by atoms with Gasteiger partial charge in [-0.25, -0.2) is 4.39 Å². The van der Waals surface area contributed by atoms with Crippen LogP contribution in [0.4, 0.5) is 4.39 Å². The minimum Gasteiger partial charge on any atom is -0.463 e. The van der Waals surface area contributed by atoms with E-state index in [9.17, 15) is 9.18 Å². The Balaban J connectivity index is 1.43. The lowest BCUT2D eigenvalue weighted by molar-refractivity contribution is -0.946. The smallest absolute Gasteiger partial charge is 0.224 e. The standard InChI is InChI=1S/C23H23FN2O2/c24-20-9-7-17(8-10-20)14-23(27)25-15-21(22-6-3-13-28-22)26-12-11-18-4-1-2-5-19(18)16-26/h1-10,13,21H,11-12,14-16H2,(H,25,27)/p+1/t21-/m0/s1. The highest BCUT2D eigenvalue weighted by molar-refractivity contribution is 5.78. The van der Waals surface area contributed by atoms with Gasteiger partial charge in [0.2, 0.25) is 5.91 Å². The second kappa shape index (κ2) is 8.40. The van der Waals surface area contributed by atoms with Crippen LogP contribution in [-0.4, -0.2) is 19.0 Å². The molecule has 0 saturated carbocycles. The molecule has 2 N–H and O–H groups in total. The summed E-state index contributed by atoms with van der Waals surface area (Å²) in [4.78, 5) is 13.8. The Bertz CT molecular complexity index is 922. The van der Waals surface area contributed by atoms with Crippen molar-refractivity contribution in [2.45, 2.75) is 25.4 Å². The van der Waals surface area contributed by atoms with Crippen LogP contribution >= 0.6 is 0 Å². The van der Waals surface area contributed by atoms with Crippen LogP contribution in [0.1, 0.15) is 28.5 Å². The summed E-state index contributed by atoms with van der Waals surface area (Å²) in [5, 5.41) is 3.04. The van der Waals surface area contributed by atoms with Crippen LogP contribution in [0.5, 0.6) is 0 Å². The Morgan fingerprint density at radius 3 is 2.61 bits per heavy atom. The number of nitrogens with one attached hydrogen (secondary N) is 2. The number of quaternary nitrogens is 1. The highest BCUT2D eigenvalue weighted by atomic mass is 19.1. The molecular weight excluding hydrogens is 355 g/mol. The number of hydrogen-bond acceptors (Lipinski definition) is 2. The number of halogens is 1. The maximum atomic E-state index is 13.0. The lowest BCUT2D eigenvalue weighted by Gasteiger charge is -2.31. The molecule has 2 atom stereocenters. The van der Waals surface area contributed by atoms with Crippen molar-refractivity contribution in [3.05, 3.63) is 95.2 Å². The largest absolute Gasteiger partial charge is 0.463 e. The molecule has 28 heavy (non-hydrogen) atoms. The van der Waals surface area contributed by atoms with Crippen LogP contribution < -0.4 is 10.2 Å². The van der Waals surface area contributed by atoms with Crippen molar-refractivity contribution < 1.29 is 18.5 Å². The zero-order valence-corrected chi connectivity index (χ0v) is 15.7. The molecule has 2 heterocycles. The van der Waals surface area contributed by atoms with Gasteiger partial charge in [-0.05, 0) is 35.4 Å². The molecule has 0 fully saturated rings. The quantitative estimate of drug-likeness (QED) is 0.691. The highest BCUT2D eigenvalue weighted by Gasteiger charge is 2.30. The first-order valence-corrected chi connectivity index (χ1v) is 9.65. The Hall–Kier alpha value is -2.92. The van der Waals surface area contributed by atoms with E-state index in [1.807, 2.05) is 12.1 Å². The van der Waals surface area contributed by atoms with Crippen molar-refractivity contribution >= 4 is 5.91 Å². The molecule has 1 aliphatic heterocycles. The van der Waals surface area contributed by atoms with Crippen LogP contribution in [0.25, 0.3) is 0 Å². The molecule has 1 amide bonds. The monoisotopic (exact) mass is 379 g/mol. The number of furan rings is 1. The van der Waals surface area contributed by atoms with Gasteiger partial charge in [0.05, 0.1) is 25.8 Å². The van der Waals surface area contributed by atoms with Gasteiger partial charge >= 0.3 is 0 Å². The van der Waals surface area contributed by atoms with Crippen LogP contribution in [0.15, 0.2) is 71.3 Å². The maximum absolute atomic E-state index is 13.0. The van der Waals surface area contributed by atoms with E-state index in [2.05, 4.69) is 29.6 Å². The molecule has 1 aliphatic rings. The number of benzene rings is 2. The lowest BCUT2D eigenvalue weighted by atomic mass is 9.98. The van der Waals surface area contributed by atoms with E-state index in [1.165, 1.54) is 28.2 Å². The van der Waals surface area contributed by atoms with Crippen LogP contribution in [-0.2, 0) is 24.2 Å². The van der Waals surface area contributed by atoms with Crippen LogP contribution in [0.2, 0.25) is 0 Å². The minimum atomic E-state index is -0.295. The Labute approximate surface area is 164 Å².